The van der Waals surface area contributed by atoms with Crippen molar-refractivity contribution in [2.24, 2.45) is 0 Å². The molecule has 0 saturated heterocycles. The fourth-order valence-corrected chi connectivity index (χ4v) is 2.63. The average Bonchev–Trinajstić information content (AvgIpc) is 2.64. The summed E-state index contributed by atoms with van der Waals surface area (Å²) in [6.07, 6.45) is 0. The summed E-state index contributed by atoms with van der Waals surface area (Å²) in [5.41, 5.74) is 5.25. The van der Waals surface area contributed by atoms with Gasteiger partial charge in [-0.1, -0.05) is 19.9 Å². The highest BCUT2D eigenvalue weighted by atomic mass is 14.9. The van der Waals surface area contributed by atoms with Gasteiger partial charge in [-0.25, -0.2) is 0 Å². The molecule has 2 rings (SSSR count). The Labute approximate surface area is 110 Å². The highest BCUT2D eigenvalue weighted by Crippen LogP contribution is 2.33. The topological polar surface area (TPSA) is 27.8 Å². The normalized spacial score (nSPS) is 12.6. The largest absolute Gasteiger partial charge is 0.358 e. The quantitative estimate of drug-likeness (QED) is 0.837. The number of aromatic nitrogens is 1. The number of H-pyrrole nitrogens is 1. The molecule has 0 atom stereocenters. The monoisotopic (exact) mass is 244 g/mol. The SMILES string of the molecule is CNC(C)(C)c1c(C)[nH]c2ccc(C(C)C)cc12. The Hall–Kier alpha value is -1.28. The third-order valence-corrected chi connectivity index (χ3v) is 3.93. The number of aryl methyl sites for hydroxylation is 1. The molecule has 2 nitrogen and oxygen atoms in total. The van der Waals surface area contributed by atoms with E-state index < -0.39 is 0 Å². The Balaban J connectivity index is 2.72. The van der Waals surface area contributed by atoms with Crippen molar-refractivity contribution < 1.29 is 0 Å². The van der Waals surface area contributed by atoms with Gasteiger partial charge in [-0.3, -0.25) is 0 Å². The molecule has 0 radical (unpaired) electrons. The standard InChI is InChI=1S/C16H24N2/c1-10(2)12-7-8-14-13(9-12)15(11(3)18-14)16(4,5)17-6/h7-10,17-18H,1-6H3. The van der Waals surface area contributed by atoms with Crippen LogP contribution in [0.15, 0.2) is 18.2 Å². The molecule has 0 spiro atoms. The molecule has 0 unspecified atom stereocenters. The molecule has 0 saturated carbocycles. The maximum Gasteiger partial charge on any atom is 0.0459 e. The van der Waals surface area contributed by atoms with Crippen LogP contribution in [0.3, 0.4) is 0 Å². The maximum atomic E-state index is 3.49. The highest BCUT2D eigenvalue weighted by Gasteiger charge is 2.24. The first-order valence-electron chi connectivity index (χ1n) is 6.68. The van der Waals surface area contributed by atoms with Crippen LogP contribution >= 0.6 is 0 Å². The van der Waals surface area contributed by atoms with Gasteiger partial charge in [0.1, 0.15) is 0 Å². The maximum absolute atomic E-state index is 3.49. The number of nitrogens with one attached hydrogen (secondary N) is 2. The number of hydrogen-bond acceptors (Lipinski definition) is 1. The van der Waals surface area contributed by atoms with Crippen LogP contribution in [0.25, 0.3) is 10.9 Å². The van der Waals surface area contributed by atoms with Crippen LogP contribution in [-0.2, 0) is 5.54 Å². The smallest absolute Gasteiger partial charge is 0.0459 e. The van der Waals surface area contributed by atoms with Gasteiger partial charge in [0.15, 0.2) is 0 Å². The number of aromatic amines is 1. The molecule has 2 N–H and O–H groups in total. The number of benzene rings is 1. The van der Waals surface area contributed by atoms with E-state index in [1.165, 1.54) is 27.7 Å². The molecule has 0 aliphatic heterocycles. The molecule has 1 heterocycles. The Bertz CT molecular complexity index is 562. The van der Waals surface area contributed by atoms with E-state index in [2.05, 4.69) is 63.1 Å². The fraction of sp³-hybridized carbons (Fsp3) is 0.500. The molecule has 2 aromatic rings. The van der Waals surface area contributed by atoms with E-state index in [0.717, 1.165) is 0 Å². The summed E-state index contributed by atoms with van der Waals surface area (Å²) in [6.45, 7) is 11.1. The van der Waals surface area contributed by atoms with E-state index in [-0.39, 0.29) is 5.54 Å². The minimum atomic E-state index is -0.0159. The Morgan fingerprint density at radius 1 is 1.22 bits per heavy atom. The van der Waals surface area contributed by atoms with Crippen molar-refractivity contribution in [3.8, 4) is 0 Å². The van der Waals surface area contributed by atoms with E-state index in [1.807, 2.05) is 7.05 Å². The minimum Gasteiger partial charge on any atom is -0.358 e. The zero-order valence-corrected chi connectivity index (χ0v) is 12.3. The van der Waals surface area contributed by atoms with E-state index in [4.69, 9.17) is 0 Å². The zero-order chi connectivity index (χ0) is 13.5. The molecule has 18 heavy (non-hydrogen) atoms. The van der Waals surface area contributed by atoms with E-state index in [1.54, 1.807) is 0 Å². The molecular formula is C16H24N2. The van der Waals surface area contributed by atoms with Crippen LogP contribution in [-0.4, -0.2) is 12.0 Å². The van der Waals surface area contributed by atoms with Crippen molar-refractivity contribution in [3.05, 3.63) is 35.0 Å². The van der Waals surface area contributed by atoms with Crippen LogP contribution < -0.4 is 5.32 Å². The molecule has 0 aliphatic carbocycles. The number of rotatable bonds is 3. The molecule has 0 aliphatic rings. The molecule has 0 bridgehead atoms. The van der Waals surface area contributed by atoms with Gasteiger partial charge in [-0.05, 0) is 57.0 Å². The van der Waals surface area contributed by atoms with Crippen LogP contribution in [0.2, 0.25) is 0 Å². The second kappa shape index (κ2) is 4.43. The van der Waals surface area contributed by atoms with Gasteiger partial charge in [0.2, 0.25) is 0 Å². The molecule has 0 fully saturated rings. The Kier molecular flexibility index (Phi) is 3.24. The van der Waals surface area contributed by atoms with E-state index in [0.29, 0.717) is 5.92 Å². The van der Waals surface area contributed by atoms with Crippen molar-refractivity contribution in [1.29, 1.82) is 0 Å². The Morgan fingerprint density at radius 2 is 1.89 bits per heavy atom. The van der Waals surface area contributed by atoms with E-state index in [9.17, 15) is 0 Å². The summed E-state index contributed by atoms with van der Waals surface area (Å²) in [7, 11) is 2.02. The first-order chi connectivity index (χ1) is 8.36. The van der Waals surface area contributed by atoms with Crippen LogP contribution in [0, 0.1) is 6.92 Å². The predicted molar refractivity (Wildman–Crippen MR) is 79.2 cm³/mol. The average molecular weight is 244 g/mol. The number of hydrogen-bond donors (Lipinski definition) is 2. The summed E-state index contributed by atoms with van der Waals surface area (Å²) in [5, 5.41) is 4.75. The van der Waals surface area contributed by atoms with Crippen LogP contribution in [0.1, 0.15) is 50.4 Å². The van der Waals surface area contributed by atoms with Gasteiger partial charge < -0.3 is 10.3 Å². The lowest BCUT2D eigenvalue weighted by Gasteiger charge is -2.25. The number of fused-ring (bicyclic) bond motifs is 1. The van der Waals surface area contributed by atoms with Gasteiger partial charge in [0.25, 0.3) is 0 Å². The van der Waals surface area contributed by atoms with E-state index >= 15 is 0 Å². The van der Waals surface area contributed by atoms with Crippen molar-refractivity contribution >= 4 is 10.9 Å². The van der Waals surface area contributed by atoms with Gasteiger partial charge in [-0.15, -0.1) is 0 Å². The molecule has 1 aromatic heterocycles. The minimum absolute atomic E-state index is 0.0159. The van der Waals surface area contributed by atoms with Gasteiger partial charge in [0, 0.05) is 22.1 Å². The van der Waals surface area contributed by atoms with Crippen molar-refractivity contribution in [2.45, 2.75) is 46.1 Å². The third kappa shape index (κ3) is 2.05. The summed E-state index contributed by atoms with van der Waals surface area (Å²) in [4.78, 5) is 3.49. The lowest BCUT2D eigenvalue weighted by molar-refractivity contribution is 0.446. The van der Waals surface area contributed by atoms with Crippen LogP contribution in [0.5, 0.6) is 0 Å². The summed E-state index contributed by atoms with van der Waals surface area (Å²) < 4.78 is 0. The van der Waals surface area contributed by atoms with Crippen molar-refractivity contribution in [2.75, 3.05) is 7.05 Å². The van der Waals surface area contributed by atoms with Gasteiger partial charge >= 0.3 is 0 Å². The Morgan fingerprint density at radius 3 is 2.44 bits per heavy atom. The fourth-order valence-electron chi connectivity index (χ4n) is 2.63. The predicted octanol–water partition coefficient (Wildman–Crippen LogP) is 4.05. The molecule has 98 valence electrons. The van der Waals surface area contributed by atoms with Gasteiger partial charge in [-0.2, -0.15) is 0 Å². The summed E-state index contributed by atoms with van der Waals surface area (Å²) in [5.74, 6) is 0.565. The molecule has 2 heteroatoms. The zero-order valence-electron chi connectivity index (χ0n) is 12.3. The second-order valence-electron chi connectivity index (χ2n) is 5.96. The molecule has 1 aromatic carbocycles. The molecule has 0 amide bonds. The van der Waals surface area contributed by atoms with Gasteiger partial charge in [0.05, 0.1) is 0 Å². The highest BCUT2D eigenvalue weighted by molar-refractivity contribution is 5.86. The third-order valence-electron chi connectivity index (χ3n) is 3.93. The first-order valence-corrected chi connectivity index (χ1v) is 6.68. The summed E-state index contributed by atoms with van der Waals surface area (Å²) in [6, 6.07) is 6.75. The lowest BCUT2D eigenvalue weighted by Crippen LogP contribution is -2.33. The van der Waals surface area contributed by atoms with Crippen molar-refractivity contribution in [1.82, 2.24) is 10.3 Å². The summed E-state index contributed by atoms with van der Waals surface area (Å²) >= 11 is 0. The molecular weight excluding hydrogens is 220 g/mol. The van der Waals surface area contributed by atoms with Crippen LogP contribution in [0.4, 0.5) is 0 Å². The second-order valence-corrected chi connectivity index (χ2v) is 5.96. The first kappa shape index (κ1) is 13.2. The lowest BCUT2D eigenvalue weighted by atomic mass is 9.90. The van der Waals surface area contributed by atoms with Crippen molar-refractivity contribution in [3.63, 3.8) is 0 Å².